The Morgan fingerprint density at radius 3 is 2.52 bits per heavy atom. The van der Waals surface area contributed by atoms with E-state index in [1.165, 1.54) is 12.1 Å². The molecule has 0 aliphatic heterocycles. The van der Waals surface area contributed by atoms with E-state index in [0.29, 0.717) is 12.0 Å². The molecule has 0 fully saturated rings. The van der Waals surface area contributed by atoms with Crippen LogP contribution in [-0.4, -0.2) is 39.5 Å². The minimum absolute atomic E-state index is 0.171. The van der Waals surface area contributed by atoms with Gasteiger partial charge in [-0.2, -0.15) is 0 Å². The lowest BCUT2D eigenvalue weighted by atomic mass is 10.2. The molecule has 0 saturated carbocycles. The van der Waals surface area contributed by atoms with Crippen molar-refractivity contribution in [3.8, 4) is 0 Å². The van der Waals surface area contributed by atoms with Crippen LogP contribution in [0.25, 0.3) is 0 Å². The van der Waals surface area contributed by atoms with Crippen molar-refractivity contribution >= 4 is 10.0 Å². The Morgan fingerprint density at radius 2 is 1.95 bits per heavy atom. The van der Waals surface area contributed by atoms with Gasteiger partial charge in [0.25, 0.3) is 0 Å². The van der Waals surface area contributed by atoms with Gasteiger partial charge in [0.15, 0.2) is 0 Å². The fraction of sp³-hybridized carbons (Fsp3) is 0.571. The van der Waals surface area contributed by atoms with Gasteiger partial charge in [0.2, 0.25) is 10.0 Å². The number of hydrogen-bond acceptors (Lipinski definition) is 4. The van der Waals surface area contributed by atoms with Gasteiger partial charge in [-0.25, -0.2) is 17.5 Å². The summed E-state index contributed by atoms with van der Waals surface area (Å²) in [4.78, 5) is 1.86. The van der Waals surface area contributed by atoms with Crippen LogP contribution in [0, 0.1) is 5.82 Å². The average molecular weight is 317 g/mol. The van der Waals surface area contributed by atoms with Crippen molar-refractivity contribution in [3.05, 3.63) is 29.6 Å². The summed E-state index contributed by atoms with van der Waals surface area (Å²) in [5, 5.41) is 0. The third-order valence-corrected chi connectivity index (χ3v) is 4.83. The van der Waals surface area contributed by atoms with Crippen molar-refractivity contribution in [1.82, 2.24) is 9.62 Å². The normalized spacial score (nSPS) is 12.0. The molecule has 0 radical (unpaired) electrons. The Kier molecular flexibility index (Phi) is 7.24. The van der Waals surface area contributed by atoms with Crippen LogP contribution in [0.4, 0.5) is 4.39 Å². The average Bonchev–Trinajstić information content (AvgIpc) is 2.47. The number of sulfonamides is 1. The lowest BCUT2D eigenvalue weighted by Crippen LogP contribution is -2.30. The zero-order valence-electron chi connectivity index (χ0n) is 12.6. The fourth-order valence-electron chi connectivity index (χ4n) is 2.01. The molecule has 0 unspecified atom stereocenters. The summed E-state index contributed by atoms with van der Waals surface area (Å²) in [6.07, 6.45) is 0.680. The Balaban J connectivity index is 2.65. The maximum Gasteiger partial charge on any atom is 0.243 e. The van der Waals surface area contributed by atoms with Gasteiger partial charge in [-0.3, -0.25) is 0 Å². The SMILES string of the molecule is CCN(CC)CCCNS(=O)(=O)c1cc(CN)ccc1F. The minimum Gasteiger partial charge on any atom is -0.326 e. The molecule has 1 rings (SSSR count). The largest absolute Gasteiger partial charge is 0.326 e. The summed E-state index contributed by atoms with van der Waals surface area (Å²) in [7, 11) is -3.83. The Bertz CT molecular complexity index is 545. The van der Waals surface area contributed by atoms with E-state index in [-0.39, 0.29) is 18.0 Å². The van der Waals surface area contributed by atoms with Crippen LogP contribution in [-0.2, 0) is 16.6 Å². The summed E-state index contributed by atoms with van der Waals surface area (Å²) in [6, 6.07) is 3.89. The van der Waals surface area contributed by atoms with Crippen molar-refractivity contribution in [3.63, 3.8) is 0 Å². The summed E-state index contributed by atoms with van der Waals surface area (Å²) >= 11 is 0. The minimum atomic E-state index is -3.83. The number of rotatable bonds is 9. The molecular formula is C14H24FN3O2S. The quantitative estimate of drug-likeness (QED) is 0.673. The molecular weight excluding hydrogens is 293 g/mol. The van der Waals surface area contributed by atoms with Crippen LogP contribution in [0.15, 0.2) is 23.1 Å². The number of nitrogens with two attached hydrogens (primary N) is 1. The van der Waals surface area contributed by atoms with Gasteiger partial charge < -0.3 is 10.6 Å². The van der Waals surface area contributed by atoms with Gasteiger partial charge in [0.1, 0.15) is 10.7 Å². The molecule has 0 heterocycles. The maximum atomic E-state index is 13.7. The molecule has 21 heavy (non-hydrogen) atoms. The van der Waals surface area contributed by atoms with Gasteiger partial charge in [-0.15, -0.1) is 0 Å². The van der Waals surface area contributed by atoms with Crippen LogP contribution in [0.2, 0.25) is 0 Å². The molecule has 0 aliphatic rings. The van der Waals surface area contributed by atoms with Crippen molar-refractivity contribution in [2.75, 3.05) is 26.2 Å². The molecule has 0 bridgehead atoms. The molecule has 120 valence electrons. The predicted octanol–water partition coefficient (Wildman–Crippen LogP) is 1.29. The smallest absolute Gasteiger partial charge is 0.243 e. The summed E-state index contributed by atoms with van der Waals surface area (Å²) in [5.41, 5.74) is 6.04. The number of halogens is 1. The first-order valence-electron chi connectivity index (χ1n) is 7.15. The highest BCUT2D eigenvalue weighted by molar-refractivity contribution is 7.89. The van der Waals surface area contributed by atoms with E-state index < -0.39 is 15.8 Å². The van der Waals surface area contributed by atoms with Crippen LogP contribution in [0.3, 0.4) is 0 Å². The molecule has 5 nitrogen and oxygen atoms in total. The van der Waals surface area contributed by atoms with E-state index in [9.17, 15) is 12.8 Å². The van der Waals surface area contributed by atoms with E-state index in [2.05, 4.69) is 23.5 Å². The summed E-state index contributed by atoms with van der Waals surface area (Å²) in [6.45, 7) is 7.23. The molecule has 0 aliphatic carbocycles. The van der Waals surface area contributed by atoms with Crippen LogP contribution >= 0.6 is 0 Å². The summed E-state index contributed by atoms with van der Waals surface area (Å²) in [5.74, 6) is -0.761. The second-order valence-electron chi connectivity index (χ2n) is 4.75. The first-order valence-corrected chi connectivity index (χ1v) is 8.63. The molecule has 0 aromatic heterocycles. The van der Waals surface area contributed by atoms with Gasteiger partial charge in [-0.1, -0.05) is 19.9 Å². The molecule has 1 aromatic carbocycles. The predicted molar refractivity (Wildman–Crippen MR) is 81.9 cm³/mol. The molecule has 7 heteroatoms. The Hall–Kier alpha value is -1.02. The van der Waals surface area contributed by atoms with Gasteiger partial charge in [0, 0.05) is 13.1 Å². The van der Waals surface area contributed by atoms with Crippen molar-refractivity contribution < 1.29 is 12.8 Å². The highest BCUT2D eigenvalue weighted by Gasteiger charge is 2.18. The van der Waals surface area contributed by atoms with E-state index in [1.807, 2.05) is 0 Å². The zero-order chi connectivity index (χ0) is 15.9. The van der Waals surface area contributed by atoms with E-state index in [4.69, 9.17) is 5.73 Å². The lowest BCUT2D eigenvalue weighted by molar-refractivity contribution is 0.300. The fourth-order valence-corrected chi connectivity index (χ4v) is 3.21. The second-order valence-corrected chi connectivity index (χ2v) is 6.48. The standard InChI is InChI=1S/C14H24FN3O2S/c1-3-18(4-2)9-5-8-17-21(19,20)14-10-12(11-16)6-7-13(14)15/h6-7,10,17H,3-5,8-9,11,16H2,1-2H3. The first kappa shape index (κ1) is 18.0. The number of benzene rings is 1. The molecule has 0 saturated heterocycles. The first-order chi connectivity index (χ1) is 9.94. The highest BCUT2D eigenvalue weighted by Crippen LogP contribution is 2.16. The van der Waals surface area contributed by atoms with Gasteiger partial charge in [-0.05, 0) is 43.8 Å². The molecule has 1 aromatic rings. The number of nitrogens with zero attached hydrogens (tertiary/aromatic N) is 1. The second kappa shape index (κ2) is 8.43. The van der Waals surface area contributed by atoms with Gasteiger partial charge in [0.05, 0.1) is 0 Å². The van der Waals surface area contributed by atoms with E-state index >= 15 is 0 Å². The lowest BCUT2D eigenvalue weighted by Gasteiger charge is -2.17. The van der Waals surface area contributed by atoms with Crippen LogP contribution in [0.5, 0.6) is 0 Å². The third kappa shape index (κ3) is 5.35. The van der Waals surface area contributed by atoms with Crippen LogP contribution in [0.1, 0.15) is 25.8 Å². The Morgan fingerprint density at radius 1 is 1.29 bits per heavy atom. The third-order valence-electron chi connectivity index (χ3n) is 3.36. The monoisotopic (exact) mass is 317 g/mol. The van der Waals surface area contributed by atoms with Crippen molar-refractivity contribution in [2.45, 2.75) is 31.7 Å². The number of hydrogen-bond donors (Lipinski definition) is 2. The topological polar surface area (TPSA) is 75.4 Å². The zero-order valence-corrected chi connectivity index (χ0v) is 13.4. The van der Waals surface area contributed by atoms with Crippen LogP contribution < -0.4 is 10.5 Å². The molecule has 0 spiro atoms. The van der Waals surface area contributed by atoms with E-state index in [0.717, 1.165) is 25.7 Å². The summed E-state index contributed by atoms with van der Waals surface area (Å²) < 4.78 is 40.3. The molecule has 0 amide bonds. The maximum absolute atomic E-state index is 13.7. The van der Waals surface area contributed by atoms with Crippen molar-refractivity contribution in [1.29, 1.82) is 0 Å². The van der Waals surface area contributed by atoms with E-state index in [1.54, 1.807) is 0 Å². The molecule has 0 atom stereocenters. The number of nitrogens with one attached hydrogen (secondary N) is 1. The van der Waals surface area contributed by atoms with Gasteiger partial charge >= 0.3 is 0 Å². The molecule has 3 N–H and O–H groups in total. The van der Waals surface area contributed by atoms with Crippen molar-refractivity contribution in [2.24, 2.45) is 5.73 Å². The highest BCUT2D eigenvalue weighted by atomic mass is 32.2. The Labute approximate surface area is 126 Å².